The van der Waals surface area contributed by atoms with Crippen molar-refractivity contribution in [3.8, 4) is 0 Å². The smallest absolute Gasteiger partial charge is 0.305 e. The first-order valence-corrected chi connectivity index (χ1v) is 8.21. The second kappa shape index (κ2) is 6.40. The van der Waals surface area contributed by atoms with Crippen LogP contribution in [0, 0.1) is 13.8 Å². The highest BCUT2D eigenvalue weighted by molar-refractivity contribution is 7.10. The second-order valence-corrected chi connectivity index (χ2v) is 6.43. The van der Waals surface area contributed by atoms with Crippen molar-refractivity contribution in [1.82, 2.24) is 19.9 Å². The number of carbonyl (C=O) groups is 2. The highest BCUT2D eigenvalue weighted by Crippen LogP contribution is 2.23. The van der Waals surface area contributed by atoms with E-state index in [2.05, 4.69) is 15.4 Å². The summed E-state index contributed by atoms with van der Waals surface area (Å²) < 4.78 is 1.61. The van der Waals surface area contributed by atoms with Gasteiger partial charge in [0, 0.05) is 17.1 Å². The average Bonchev–Trinajstić information content (AvgIpc) is 3.15. The van der Waals surface area contributed by atoms with Gasteiger partial charge in [-0.15, -0.1) is 11.3 Å². The van der Waals surface area contributed by atoms with Crippen LogP contribution in [0.25, 0.3) is 5.65 Å². The fourth-order valence-electron chi connectivity index (χ4n) is 2.51. The van der Waals surface area contributed by atoms with Gasteiger partial charge in [0.2, 0.25) is 0 Å². The number of nitrogens with one attached hydrogen (secondary N) is 1. The molecule has 1 atom stereocenters. The predicted molar refractivity (Wildman–Crippen MR) is 89.2 cm³/mol. The number of carboxylic acids is 1. The average molecular weight is 344 g/mol. The Morgan fingerprint density at radius 2 is 2.21 bits per heavy atom. The Morgan fingerprint density at radius 3 is 2.88 bits per heavy atom. The van der Waals surface area contributed by atoms with Crippen molar-refractivity contribution in [2.75, 3.05) is 0 Å². The molecule has 0 saturated carbocycles. The molecule has 3 rings (SSSR count). The molecule has 0 spiro atoms. The first-order valence-electron chi connectivity index (χ1n) is 7.33. The summed E-state index contributed by atoms with van der Waals surface area (Å²) in [6, 6.07) is 4.88. The van der Waals surface area contributed by atoms with Crippen molar-refractivity contribution in [3.05, 3.63) is 51.6 Å². The highest BCUT2D eigenvalue weighted by atomic mass is 32.1. The molecule has 0 aliphatic carbocycles. The summed E-state index contributed by atoms with van der Waals surface area (Å²) in [5, 5.41) is 18.0. The van der Waals surface area contributed by atoms with E-state index in [0.717, 1.165) is 10.6 Å². The summed E-state index contributed by atoms with van der Waals surface area (Å²) in [4.78, 5) is 28.8. The molecule has 24 heavy (non-hydrogen) atoms. The molecule has 1 unspecified atom stereocenters. The Balaban J connectivity index is 1.90. The quantitative estimate of drug-likeness (QED) is 0.740. The van der Waals surface area contributed by atoms with Crippen LogP contribution in [0.3, 0.4) is 0 Å². The maximum Gasteiger partial charge on any atom is 0.305 e. The number of hydrogen-bond acceptors (Lipinski definition) is 5. The number of amides is 1. The molecular weight excluding hydrogens is 328 g/mol. The van der Waals surface area contributed by atoms with Crippen LogP contribution in [0.5, 0.6) is 0 Å². The number of aryl methyl sites for hydroxylation is 2. The van der Waals surface area contributed by atoms with Gasteiger partial charge in [0.15, 0.2) is 5.65 Å². The zero-order valence-corrected chi connectivity index (χ0v) is 14.0. The Bertz CT molecular complexity index is 902. The third-order valence-corrected chi connectivity index (χ3v) is 4.65. The van der Waals surface area contributed by atoms with E-state index in [9.17, 15) is 9.59 Å². The molecule has 8 heteroatoms. The van der Waals surface area contributed by atoms with Gasteiger partial charge in [-0.3, -0.25) is 9.59 Å². The first kappa shape index (κ1) is 16.1. The fraction of sp³-hybridized carbons (Fsp3) is 0.250. The van der Waals surface area contributed by atoms with E-state index in [-0.39, 0.29) is 12.3 Å². The molecule has 0 radical (unpaired) electrons. The van der Waals surface area contributed by atoms with Crippen molar-refractivity contribution in [1.29, 1.82) is 0 Å². The molecule has 0 aliphatic heterocycles. The van der Waals surface area contributed by atoms with Crippen LogP contribution in [0.1, 0.15) is 39.1 Å². The molecule has 2 N–H and O–H groups in total. The number of carboxylic acid groups (broad SMARTS) is 1. The number of aliphatic carboxylic acids is 1. The lowest BCUT2D eigenvalue weighted by molar-refractivity contribution is -0.137. The van der Waals surface area contributed by atoms with Gasteiger partial charge in [0.1, 0.15) is 0 Å². The van der Waals surface area contributed by atoms with Crippen molar-refractivity contribution >= 4 is 28.9 Å². The Hall–Kier alpha value is -2.74. The van der Waals surface area contributed by atoms with Crippen LogP contribution >= 0.6 is 11.3 Å². The number of hydrogen-bond donors (Lipinski definition) is 2. The van der Waals surface area contributed by atoms with Gasteiger partial charge < -0.3 is 10.4 Å². The van der Waals surface area contributed by atoms with E-state index in [1.807, 2.05) is 30.5 Å². The van der Waals surface area contributed by atoms with E-state index < -0.39 is 12.0 Å². The maximum absolute atomic E-state index is 12.6. The maximum atomic E-state index is 12.6. The lowest BCUT2D eigenvalue weighted by Crippen LogP contribution is -2.30. The summed E-state index contributed by atoms with van der Waals surface area (Å²) in [5.74, 6) is -1.34. The zero-order valence-electron chi connectivity index (χ0n) is 13.2. The molecule has 0 bridgehead atoms. The van der Waals surface area contributed by atoms with Gasteiger partial charge in [0.05, 0.1) is 29.4 Å². The normalized spacial score (nSPS) is 12.2. The largest absolute Gasteiger partial charge is 0.481 e. The first-order chi connectivity index (χ1) is 11.5. The number of rotatable bonds is 5. The molecule has 0 saturated heterocycles. The van der Waals surface area contributed by atoms with Gasteiger partial charge in [-0.1, -0.05) is 6.07 Å². The molecule has 7 nitrogen and oxygen atoms in total. The minimum atomic E-state index is -0.971. The lowest BCUT2D eigenvalue weighted by atomic mass is 10.1. The molecule has 3 aromatic rings. The lowest BCUT2D eigenvalue weighted by Gasteiger charge is -2.16. The second-order valence-electron chi connectivity index (χ2n) is 5.45. The molecule has 124 valence electrons. The number of aromatic nitrogens is 3. The SMILES string of the molecule is Cc1cc2ncc(C(=O)NC(CC(=O)O)c3cccs3)c(C)n2n1. The molecule has 1 amide bonds. The molecule has 0 aromatic carbocycles. The van der Waals surface area contributed by atoms with Crippen molar-refractivity contribution in [3.63, 3.8) is 0 Å². The van der Waals surface area contributed by atoms with Crippen LogP contribution in [0.4, 0.5) is 0 Å². The third kappa shape index (κ3) is 3.13. The van der Waals surface area contributed by atoms with E-state index >= 15 is 0 Å². The zero-order chi connectivity index (χ0) is 17.3. The molecule has 3 aromatic heterocycles. The monoisotopic (exact) mass is 344 g/mol. The van der Waals surface area contributed by atoms with Crippen LogP contribution in [0.2, 0.25) is 0 Å². The summed E-state index contributed by atoms with van der Waals surface area (Å²) in [6.07, 6.45) is 1.31. The molecule has 0 aliphatic rings. The van der Waals surface area contributed by atoms with Gasteiger partial charge in [-0.05, 0) is 25.3 Å². The van der Waals surface area contributed by atoms with E-state index in [4.69, 9.17) is 5.11 Å². The van der Waals surface area contributed by atoms with Crippen molar-refractivity contribution in [2.24, 2.45) is 0 Å². The topological polar surface area (TPSA) is 96.6 Å². The Kier molecular flexibility index (Phi) is 4.30. The Morgan fingerprint density at radius 1 is 1.42 bits per heavy atom. The van der Waals surface area contributed by atoms with Crippen LogP contribution < -0.4 is 5.32 Å². The third-order valence-electron chi connectivity index (χ3n) is 3.66. The van der Waals surface area contributed by atoms with Crippen molar-refractivity contribution < 1.29 is 14.7 Å². The number of fused-ring (bicyclic) bond motifs is 1. The minimum Gasteiger partial charge on any atom is -0.481 e. The van der Waals surface area contributed by atoms with Gasteiger partial charge >= 0.3 is 5.97 Å². The van der Waals surface area contributed by atoms with Crippen LogP contribution in [-0.4, -0.2) is 31.6 Å². The van der Waals surface area contributed by atoms with E-state index in [1.54, 1.807) is 11.4 Å². The number of thiophene rings is 1. The summed E-state index contributed by atoms with van der Waals surface area (Å²) in [7, 11) is 0. The van der Waals surface area contributed by atoms with Crippen LogP contribution in [-0.2, 0) is 4.79 Å². The van der Waals surface area contributed by atoms with Gasteiger partial charge in [0.25, 0.3) is 5.91 Å². The van der Waals surface area contributed by atoms with Crippen molar-refractivity contribution in [2.45, 2.75) is 26.3 Å². The van der Waals surface area contributed by atoms with Gasteiger partial charge in [-0.2, -0.15) is 5.10 Å². The fourth-order valence-corrected chi connectivity index (χ4v) is 3.29. The minimum absolute atomic E-state index is 0.179. The summed E-state index contributed by atoms with van der Waals surface area (Å²) in [5.41, 5.74) is 2.51. The molecule has 0 fully saturated rings. The summed E-state index contributed by atoms with van der Waals surface area (Å²) in [6.45, 7) is 3.64. The molecule has 3 heterocycles. The number of nitrogens with zero attached hydrogens (tertiary/aromatic N) is 3. The standard InChI is InChI=1S/C16H16N4O3S/c1-9-6-14-17-8-11(10(2)20(14)19-9)16(23)18-12(7-15(21)22)13-4-3-5-24-13/h3-6,8,12H,7H2,1-2H3,(H,18,23)(H,21,22). The Labute approximate surface area is 142 Å². The summed E-state index contributed by atoms with van der Waals surface area (Å²) >= 11 is 1.41. The molecular formula is C16H16N4O3S. The predicted octanol–water partition coefficient (Wildman–Crippen LogP) is 2.35. The van der Waals surface area contributed by atoms with Crippen LogP contribution in [0.15, 0.2) is 29.8 Å². The number of carbonyl (C=O) groups excluding carboxylic acids is 1. The highest BCUT2D eigenvalue weighted by Gasteiger charge is 2.22. The van der Waals surface area contributed by atoms with E-state index in [1.165, 1.54) is 17.5 Å². The van der Waals surface area contributed by atoms with E-state index in [0.29, 0.717) is 16.9 Å². The van der Waals surface area contributed by atoms with Gasteiger partial charge in [-0.25, -0.2) is 9.50 Å².